The molecule has 0 aliphatic heterocycles. The molecule has 0 bridgehead atoms. The summed E-state index contributed by atoms with van der Waals surface area (Å²) in [5, 5.41) is 7.52. The zero-order valence-electron chi connectivity index (χ0n) is 9.35. The Bertz CT molecular complexity index is 578. The van der Waals surface area contributed by atoms with Crippen LogP contribution in [-0.2, 0) is 0 Å². The number of carbonyl (C=O) groups is 1. The molecule has 0 fully saturated rings. The first-order valence-electron chi connectivity index (χ1n) is 5.07. The van der Waals surface area contributed by atoms with E-state index in [4.69, 9.17) is 16.3 Å². The van der Waals surface area contributed by atoms with Gasteiger partial charge in [-0.3, -0.25) is 4.79 Å². The first-order chi connectivity index (χ1) is 9.08. The van der Waals surface area contributed by atoms with Crippen molar-refractivity contribution in [1.82, 2.24) is 10.2 Å². The zero-order valence-corrected chi connectivity index (χ0v) is 10.9. The molecule has 19 heavy (non-hydrogen) atoms. The van der Waals surface area contributed by atoms with Gasteiger partial charge in [0.1, 0.15) is 5.51 Å². The molecule has 2 rings (SSSR count). The smallest absolute Gasteiger partial charge is 0.294 e. The lowest BCUT2D eigenvalue weighted by Gasteiger charge is -2.08. The van der Waals surface area contributed by atoms with E-state index in [2.05, 4.69) is 10.2 Å². The third-order valence-electron chi connectivity index (χ3n) is 2.22. The van der Waals surface area contributed by atoms with Crippen LogP contribution in [0.2, 0.25) is 5.02 Å². The highest BCUT2D eigenvalue weighted by atomic mass is 35.5. The number of rotatable bonds is 5. The molecule has 8 heteroatoms. The van der Waals surface area contributed by atoms with Crippen molar-refractivity contribution in [3.05, 3.63) is 39.9 Å². The van der Waals surface area contributed by atoms with Gasteiger partial charge in [0.2, 0.25) is 5.78 Å². The highest BCUT2D eigenvalue weighted by Gasteiger charge is 2.19. The van der Waals surface area contributed by atoms with Crippen LogP contribution in [0.3, 0.4) is 0 Å². The Morgan fingerprint density at radius 2 is 2.26 bits per heavy atom. The SMILES string of the molecule is O=C(COc1nncs1)c1cc(Cl)ccc1C(F)F. The van der Waals surface area contributed by atoms with E-state index in [0.29, 0.717) is 0 Å². The van der Waals surface area contributed by atoms with E-state index in [1.54, 1.807) is 0 Å². The van der Waals surface area contributed by atoms with Gasteiger partial charge in [-0.1, -0.05) is 29.0 Å². The maximum Gasteiger partial charge on any atom is 0.294 e. The Labute approximate surface area is 116 Å². The van der Waals surface area contributed by atoms with Gasteiger partial charge >= 0.3 is 0 Å². The summed E-state index contributed by atoms with van der Waals surface area (Å²) in [5.74, 6) is -0.590. The quantitative estimate of drug-likeness (QED) is 0.795. The fourth-order valence-corrected chi connectivity index (χ4v) is 1.97. The highest BCUT2D eigenvalue weighted by Crippen LogP contribution is 2.26. The zero-order chi connectivity index (χ0) is 13.8. The second kappa shape index (κ2) is 6.03. The Morgan fingerprint density at radius 1 is 1.47 bits per heavy atom. The number of ketones is 1. The van der Waals surface area contributed by atoms with Gasteiger partial charge in [0.15, 0.2) is 6.61 Å². The molecule has 0 aliphatic rings. The molecule has 0 saturated carbocycles. The second-order valence-corrected chi connectivity index (χ2v) is 4.68. The van der Waals surface area contributed by atoms with E-state index in [0.717, 1.165) is 17.4 Å². The normalized spacial score (nSPS) is 10.7. The van der Waals surface area contributed by atoms with E-state index in [1.165, 1.54) is 17.6 Å². The number of alkyl halides is 2. The van der Waals surface area contributed by atoms with Gasteiger partial charge in [0.25, 0.3) is 11.6 Å². The second-order valence-electron chi connectivity index (χ2n) is 3.45. The van der Waals surface area contributed by atoms with Crippen LogP contribution in [0.4, 0.5) is 8.78 Å². The molecule has 0 N–H and O–H groups in total. The molecule has 0 amide bonds. The number of ether oxygens (including phenoxy) is 1. The third-order valence-corrected chi connectivity index (χ3v) is 3.05. The number of hydrogen-bond donors (Lipinski definition) is 0. The van der Waals surface area contributed by atoms with Crippen LogP contribution in [0.25, 0.3) is 0 Å². The third kappa shape index (κ3) is 3.45. The molecule has 0 saturated heterocycles. The standard InChI is InChI=1S/C11H7ClF2N2O2S/c12-6-1-2-7(10(13)14)8(3-6)9(17)4-18-11-16-15-5-19-11/h1-3,5,10H,4H2. The summed E-state index contributed by atoms with van der Waals surface area (Å²) in [6, 6.07) is 3.64. The van der Waals surface area contributed by atoms with Crippen LogP contribution in [-0.4, -0.2) is 22.6 Å². The molecule has 2 aromatic rings. The van der Waals surface area contributed by atoms with Crippen molar-refractivity contribution < 1.29 is 18.3 Å². The average Bonchev–Trinajstić information content (AvgIpc) is 2.88. The fraction of sp³-hybridized carbons (Fsp3) is 0.182. The topological polar surface area (TPSA) is 52.1 Å². The predicted octanol–water partition coefficient (Wildman–Crippen LogP) is 3.39. The number of hydrogen-bond acceptors (Lipinski definition) is 5. The number of benzene rings is 1. The molecule has 4 nitrogen and oxygen atoms in total. The molecule has 1 heterocycles. The lowest BCUT2D eigenvalue weighted by atomic mass is 10.0. The number of carbonyl (C=O) groups excluding carboxylic acids is 1. The van der Waals surface area contributed by atoms with Gasteiger partial charge in [-0.2, -0.15) is 0 Å². The summed E-state index contributed by atoms with van der Waals surface area (Å²) in [6.45, 7) is -0.394. The van der Waals surface area contributed by atoms with Crippen molar-refractivity contribution >= 4 is 28.7 Å². The first-order valence-corrected chi connectivity index (χ1v) is 6.33. The summed E-state index contributed by atoms with van der Waals surface area (Å²) in [7, 11) is 0. The van der Waals surface area contributed by atoms with Crippen molar-refractivity contribution in [2.75, 3.05) is 6.61 Å². The fourth-order valence-electron chi connectivity index (χ4n) is 1.39. The summed E-state index contributed by atoms with van der Waals surface area (Å²) >= 11 is 6.81. The number of aromatic nitrogens is 2. The van der Waals surface area contributed by atoms with Crippen LogP contribution in [0.15, 0.2) is 23.7 Å². The molecule has 100 valence electrons. The Kier molecular flexibility index (Phi) is 4.39. The van der Waals surface area contributed by atoms with Crippen molar-refractivity contribution in [3.63, 3.8) is 0 Å². The van der Waals surface area contributed by atoms with Crippen molar-refractivity contribution in [2.24, 2.45) is 0 Å². The maximum absolute atomic E-state index is 12.8. The lowest BCUT2D eigenvalue weighted by molar-refractivity contribution is 0.0908. The summed E-state index contributed by atoms with van der Waals surface area (Å²) in [4.78, 5) is 11.9. The summed E-state index contributed by atoms with van der Waals surface area (Å²) in [6.07, 6.45) is -2.75. The van der Waals surface area contributed by atoms with Crippen LogP contribution in [0, 0.1) is 0 Å². The summed E-state index contributed by atoms with van der Waals surface area (Å²) in [5.41, 5.74) is 0.923. The molecule has 0 radical (unpaired) electrons. The van der Waals surface area contributed by atoms with Crippen molar-refractivity contribution in [3.8, 4) is 5.19 Å². The maximum atomic E-state index is 12.8. The number of halogens is 3. The van der Waals surface area contributed by atoms with Gasteiger partial charge < -0.3 is 4.74 Å². The van der Waals surface area contributed by atoms with Crippen LogP contribution in [0.5, 0.6) is 5.19 Å². The molecule has 0 aliphatic carbocycles. The minimum absolute atomic E-state index is 0.146. The van der Waals surface area contributed by atoms with Gasteiger partial charge in [0, 0.05) is 16.1 Å². The lowest BCUT2D eigenvalue weighted by Crippen LogP contribution is -2.14. The monoisotopic (exact) mass is 304 g/mol. The average molecular weight is 305 g/mol. The van der Waals surface area contributed by atoms with Crippen LogP contribution >= 0.6 is 22.9 Å². The molecule has 1 aromatic heterocycles. The summed E-state index contributed by atoms with van der Waals surface area (Å²) < 4.78 is 30.6. The van der Waals surface area contributed by atoms with Crippen molar-refractivity contribution in [2.45, 2.75) is 6.43 Å². The molecule has 0 unspecified atom stereocenters. The Morgan fingerprint density at radius 3 is 2.89 bits per heavy atom. The highest BCUT2D eigenvalue weighted by molar-refractivity contribution is 7.11. The van der Waals surface area contributed by atoms with Gasteiger partial charge in [-0.05, 0) is 12.1 Å². The molecule has 0 atom stereocenters. The largest absolute Gasteiger partial charge is 0.461 e. The molecular weight excluding hydrogens is 298 g/mol. The molecular formula is C11H7ClF2N2O2S. The van der Waals surface area contributed by atoms with E-state index < -0.39 is 18.8 Å². The van der Waals surface area contributed by atoms with Crippen molar-refractivity contribution in [1.29, 1.82) is 0 Å². The minimum atomic E-state index is -2.75. The molecule has 1 aromatic carbocycles. The van der Waals surface area contributed by atoms with Crippen LogP contribution in [0.1, 0.15) is 22.3 Å². The van der Waals surface area contributed by atoms with Gasteiger partial charge in [-0.15, -0.1) is 10.2 Å². The minimum Gasteiger partial charge on any atom is -0.461 e. The Balaban J connectivity index is 2.16. The van der Waals surface area contributed by atoms with E-state index in [1.807, 2.05) is 0 Å². The van der Waals surface area contributed by atoms with E-state index in [9.17, 15) is 13.6 Å². The van der Waals surface area contributed by atoms with Crippen LogP contribution < -0.4 is 4.74 Å². The van der Waals surface area contributed by atoms with Gasteiger partial charge in [-0.25, -0.2) is 8.78 Å². The Hall–Kier alpha value is -1.60. The molecule has 0 spiro atoms. The van der Waals surface area contributed by atoms with E-state index in [-0.39, 0.29) is 21.3 Å². The number of nitrogens with zero attached hydrogens (tertiary/aromatic N) is 2. The predicted molar refractivity (Wildman–Crippen MR) is 66.1 cm³/mol. The van der Waals surface area contributed by atoms with Gasteiger partial charge in [0.05, 0.1) is 0 Å². The van der Waals surface area contributed by atoms with E-state index >= 15 is 0 Å². The first kappa shape index (κ1) is 13.8. The number of Topliss-reactive ketones (excluding diaryl/α,β-unsaturated/α-hetero) is 1.